The first-order valence-corrected chi connectivity index (χ1v) is 14.6. The minimum Gasteiger partial charge on any atom is -0.384 e. The highest BCUT2D eigenvalue weighted by Gasteiger charge is 2.66. The van der Waals surface area contributed by atoms with E-state index in [4.69, 9.17) is 0 Å². The van der Waals surface area contributed by atoms with Crippen molar-refractivity contribution in [3.8, 4) is 0 Å². The number of rotatable bonds is 2. The molecule has 37 heavy (non-hydrogen) atoms. The van der Waals surface area contributed by atoms with E-state index < -0.39 is 6.10 Å². The van der Waals surface area contributed by atoms with Gasteiger partial charge in [-0.1, -0.05) is 92.3 Å². The predicted molar refractivity (Wildman–Crippen MR) is 153 cm³/mol. The van der Waals surface area contributed by atoms with E-state index in [-0.39, 0.29) is 5.41 Å². The second-order valence-electron chi connectivity index (χ2n) is 12.4. The molecule has 0 bridgehead atoms. The minimum atomic E-state index is -0.496. The van der Waals surface area contributed by atoms with Gasteiger partial charge in [0.25, 0.3) is 0 Å². The summed E-state index contributed by atoms with van der Waals surface area (Å²) in [6.07, 6.45) is 31.7. The molecule has 0 aliphatic heterocycles. The molecule has 0 saturated heterocycles. The van der Waals surface area contributed by atoms with Crippen LogP contribution in [0.25, 0.3) is 0 Å². The van der Waals surface area contributed by atoms with Crippen LogP contribution < -0.4 is 0 Å². The predicted octanol–water partition coefficient (Wildman–Crippen LogP) is 8.29. The van der Waals surface area contributed by atoms with Crippen molar-refractivity contribution in [2.75, 3.05) is 0 Å². The Labute approximate surface area is 222 Å². The molecule has 0 aromatic rings. The fourth-order valence-electron chi connectivity index (χ4n) is 9.85. The molecule has 7 aliphatic carbocycles. The Morgan fingerprint density at radius 1 is 0.946 bits per heavy atom. The van der Waals surface area contributed by atoms with Gasteiger partial charge in [0.2, 0.25) is 0 Å². The van der Waals surface area contributed by atoms with E-state index in [9.17, 15) is 5.11 Å². The van der Waals surface area contributed by atoms with Crippen molar-refractivity contribution in [2.24, 2.45) is 40.9 Å². The van der Waals surface area contributed by atoms with Crippen LogP contribution in [0.2, 0.25) is 0 Å². The number of aliphatic hydroxyl groups is 1. The quantitative estimate of drug-likeness (QED) is 0.414. The molecule has 1 spiro atoms. The molecule has 7 rings (SSSR count). The van der Waals surface area contributed by atoms with Crippen LogP contribution in [-0.2, 0) is 0 Å². The summed E-state index contributed by atoms with van der Waals surface area (Å²) in [5.74, 6) is 2.98. The normalized spacial score (nSPS) is 41.1. The van der Waals surface area contributed by atoms with Gasteiger partial charge >= 0.3 is 0 Å². The molecule has 1 N–H and O–H groups in total. The van der Waals surface area contributed by atoms with E-state index in [1.165, 1.54) is 12.0 Å². The third kappa shape index (κ3) is 2.96. The Morgan fingerprint density at radius 3 is 2.54 bits per heavy atom. The highest BCUT2D eigenvalue weighted by molar-refractivity contribution is 5.64. The molecule has 8 unspecified atom stereocenters. The number of aliphatic hydroxyl groups excluding tert-OH is 1. The lowest BCUT2D eigenvalue weighted by Crippen LogP contribution is -2.40. The molecule has 0 radical (unpaired) electrons. The summed E-state index contributed by atoms with van der Waals surface area (Å²) in [6.45, 7) is 9.76. The first-order valence-electron chi connectivity index (χ1n) is 14.6. The average molecular weight is 489 g/mol. The van der Waals surface area contributed by atoms with Crippen molar-refractivity contribution >= 4 is 0 Å². The molecule has 190 valence electrons. The summed E-state index contributed by atoms with van der Waals surface area (Å²) in [5, 5.41) is 11.3. The van der Waals surface area contributed by atoms with Crippen molar-refractivity contribution in [2.45, 2.75) is 59.5 Å². The molecule has 2 fully saturated rings. The summed E-state index contributed by atoms with van der Waals surface area (Å²) < 4.78 is 0. The molecule has 1 nitrogen and oxygen atoms in total. The fourth-order valence-corrected chi connectivity index (χ4v) is 9.85. The van der Waals surface area contributed by atoms with Gasteiger partial charge in [-0.2, -0.15) is 0 Å². The molecule has 0 amide bonds. The molecular weight excluding hydrogens is 448 g/mol. The van der Waals surface area contributed by atoms with Gasteiger partial charge in [-0.15, -0.1) is 0 Å². The van der Waals surface area contributed by atoms with Crippen LogP contribution in [0.15, 0.2) is 117 Å². The Balaban J connectivity index is 1.37. The summed E-state index contributed by atoms with van der Waals surface area (Å²) in [6, 6.07) is 0. The van der Waals surface area contributed by atoms with Gasteiger partial charge in [-0.3, -0.25) is 0 Å². The maximum Gasteiger partial charge on any atom is 0.100 e. The topological polar surface area (TPSA) is 20.2 Å². The van der Waals surface area contributed by atoms with Crippen LogP contribution in [0.1, 0.15) is 53.4 Å². The van der Waals surface area contributed by atoms with Gasteiger partial charge in [-0.05, 0) is 108 Å². The average Bonchev–Trinajstić information content (AvgIpc) is 3.36. The van der Waals surface area contributed by atoms with Gasteiger partial charge in [0, 0.05) is 11.8 Å². The van der Waals surface area contributed by atoms with Crippen molar-refractivity contribution in [1.82, 2.24) is 0 Å². The lowest BCUT2D eigenvalue weighted by atomic mass is 9.58. The lowest BCUT2D eigenvalue weighted by Gasteiger charge is -2.45. The first-order chi connectivity index (χ1) is 18.0. The maximum atomic E-state index is 11.3. The fraction of sp³-hybridized carbons (Fsp3) is 0.444. The monoisotopic (exact) mass is 488 g/mol. The number of fused-ring (bicyclic) bond motifs is 5. The Kier molecular flexibility index (Phi) is 5.35. The smallest absolute Gasteiger partial charge is 0.100 e. The standard InChI is InChI=1S/C36H40O/c1-5-26-22(3)36(31-16-10-9-14-28(26)31)23(4)33-21(2)27-19-18-25(35(37)24-12-7-6-8-13-24)20-30(27)29-15-11-17-32(36)34(29)33/h5-7,9-12,14-15,18-20,22-23,27,30-32,35,37H,8,13,16-17H2,1-4H3. The lowest BCUT2D eigenvalue weighted by molar-refractivity contribution is 0.0681. The minimum absolute atomic E-state index is 0.239. The van der Waals surface area contributed by atoms with Crippen LogP contribution >= 0.6 is 0 Å². The summed E-state index contributed by atoms with van der Waals surface area (Å²) in [7, 11) is 0. The zero-order chi connectivity index (χ0) is 25.5. The Hall–Kier alpha value is -2.64. The highest BCUT2D eigenvalue weighted by atomic mass is 16.3. The van der Waals surface area contributed by atoms with Crippen LogP contribution in [-0.4, -0.2) is 11.2 Å². The van der Waals surface area contributed by atoms with E-state index in [0.29, 0.717) is 35.5 Å². The second kappa shape index (κ2) is 8.43. The summed E-state index contributed by atoms with van der Waals surface area (Å²) in [4.78, 5) is 0. The van der Waals surface area contributed by atoms with E-state index in [1.807, 2.05) is 0 Å². The molecule has 0 aromatic heterocycles. The van der Waals surface area contributed by atoms with Crippen LogP contribution in [0.4, 0.5) is 0 Å². The van der Waals surface area contributed by atoms with Gasteiger partial charge in [0.05, 0.1) is 0 Å². The third-order valence-corrected chi connectivity index (χ3v) is 11.3. The van der Waals surface area contributed by atoms with E-state index in [1.54, 1.807) is 27.9 Å². The van der Waals surface area contributed by atoms with Crippen molar-refractivity contribution in [3.05, 3.63) is 117 Å². The number of hydrogen-bond acceptors (Lipinski definition) is 1. The second-order valence-corrected chi connectivity index (χ2v) is 12.4. The molecular formula is C36H40O. The summed E-state index contributed by atoms with van der Waals surface area (Å²) in [5.41, 5.74) is 12.1. The number of allylic oxidation sites excluding steroid dienone is 17. The van der Waals surface area contributed by atoms with Crippen molar-refractivity contribution in [3.63, 3.8) is 0 Å². The zero-order valence-electron chi connectivity index (χ0n) is 22.7. The van der Waals surface area contributed by atoms with Crippen molar-refractivity contribution < 1.29 is 5.11 Å². The van der Waals surface area contributed by atoms with Crippen LogP contribution in [0.5, 0.6) is 0 Å². The summed E-state index contributed by atoms with van der Waals surface area (Å²) >= 11 is 0. The van der Waals surface area contributed by atoms with Gasteiger partial charge in [-0.25, -0.2) is 0 Å². The largest absolute Gasteiger partial charge is 0.384 e. The molecule has 2 saturated carbocycles. The Bertz CT molecular complexity index is 1360. The van der Waals surface area contributed by atoms with Gasteiger partial charge < -0.3 is 5.11 Å². The molecule has 8 atom stereocenters. The number of hydrogen-bond donors (Lipinski definition) is 1. The molecule has 0 aromatic carbocycles. The highest BCUT2D eigenvalue weighted by Crippen LogP contribution is 2.73. The van der Waals surface area contributed by atoms with Gasteiger partial charge in [0.15, 0.2) is 0 Å². The van der Waals surface area contributed by atoms with Gasteiger partial charge in [0.1, 0.15) is 6.10 Å². The maximum absolute atomic E-state index is 11.3. The Morgan fingerprint density at radius 2 is 1.76 bits per heavy atom. The van der Waals surface area contributed by atoms with E-state index in [2.05, 4.69) is 101 Å². The molecule has 1 heteroatoms. The first kappa shape index (κ1) is 23.5. The van der Waals surface area contributed by atoms with E-state index in [0.717, 1.165) is 30.4 Å². The third-order valence-electron chi connectivity index (χ3n) is 11.3. The molecule has 7 aliphatic rings. The van der Waals surface area contributed by atoms with Crippen LogP contribution in [0.3, 0.4) is 0 Å². The van der Waals surface area contributed by atoms with Crippen molar-refractivity contribution in [1.29, 1.82) is 0 Å². The van der Waals surface area contributed by atoms with Crippen LogP contribution in [0, 0.1) is 40.9 Å². The zero-order valence-corrected chi connectivity index (χ0v) is 22.7. The SMILES string of the molecule is CC=C1C2=CC=CCC2C2(C1C)C(C)C1=C(C)C3C=CC(C(O)C4=CC=CCC4)=CC3C3=C1C2CC=C3. The molecule has 0 heterocycles. The van der Waals surface area contributed by atoms with E-state index >= 15 is 0 Å².